The normalized spacial score (nSPS) is 10.8. The van der Waals surface area contributed by atoms with Gasteiger partial charge in [0.2, 0.25) is 0 Å². The van der Waals surface area contributed by atoms with Crippen LogP contribution >= 0.6 is 0 Å². The Bertz CT molecular complexity index is 966. The minimum Gasteiger partial charge on any atom is -0.422 e. The van der Waals surface area contributed by atoms with Crippen LogP contribution in [0.15, 0.2) is 57.7 Å². The highest BCUT2D eigenvalue weighted by Gasteiger charge is 2.13. The Morgan fingerprint density at radius 2 is 1.88 bits per heavy atom. The number of hydrogen-bond acceptors (Lipinski definition) is 3. The van der Waals surface area contributed by atoms with E-state index < -0.39 is 23.2 Å². The fourth-order valence-corrected chi connectivity index (χ4v) is 2.36. The van der Waals surface area contributed by atoms with E-state index in [-0.39, 0.29) is 24.1 Å². The summed E-state index contributed by atoms with van der Waals surface area (Å²) < 4.78 is 31.7. The van der Waals surface area contributed by atoms with Crippen LogP contribution in [0.25, 0.3) is 11.0 Å². The van der Waals surface area contributed by atoms with E-state index in [4.69, 9.17) is 4.42 Å². The third-order valence-corrected chi connectivity index (χ3v) is 3.57. The van der Waals surface area contributed by atoms with Crippen molar-refractivity contribution in [2.75, 3.05) is 6.54 Å². The summed E-state index contributed by atoms with van der Waals surface area (Å²) in [5.74, 6) is -1.71. The molecule has 0 radical (unpaired) electrons. The summed E-state index contributed by atoms with van der Waals surface area (Å²) in [6.07, 6.45) is 0.105. The van der Waals surface area contributed by atoms with E-state index in [0.717, 1.165) is 18.2 Å². The van der Waals surface area contributed by atoms with E-state index in [9.17, 15) is 18.4 Å². The molecule has 0 atom stereocenters. The molecule has 24 heavy (non-hydrogen) atoms. The molecule has 1 amide bonds. The molecule has 3 rings (SSSR count). The first kappa shape index (κ1) is 15.9. The number of nitrogens with one attached hydrogen (secondary N) is 1. The van der Waals surface area contributed by atoms with Gasteiger partial charge in [0, 0.05) is 11.9 Å². The first-order chi connectivity index (χ1) is 11.5. The zero-order valence-corrected chi connectivity index (χ0v) is 12.5. The molecule has 0 saturated carbocycles. The molecule has 1 N–H and O–H groups in total. The van der Waals surface area contributed by atoms with Crippen LogP contribution in [0.3, 0.4) is 0 Å². The summed E-state index contributed by atoms with van der Waals surface area (Å²) in [6, 6.07) is 11.4. The number of amides is 1. The lowest BCUT2D eigenvalue weighted by Crippen LogP contribution is -2.30. The third-order valence-electron chi connectivity index (χ3n) is 3.57. The zero-order valence-electron chi connectivity index (χ0n) is 12.5. The molecule has 122 valence electrons. The number of benzene rings is 2. The SMILES string of the molecule is O=C(NCCc1cc(F)ccc1F)c1cc2ccccc2oc1=O. The minimum atomic E-state index is -0.747. The number of carbonyl (C=O) groups is 1. The van der Waals surface area contributed by atoms with Crippen molar-refractivity contribution in [2.24, 2.45) is 0 Å². The van der Waals surface area contributed by atoms with Crippen molar-refractivity contribution in [3.8, 4) is 0 Å². The van der Waals surface area contributed by atoms with Gasteiger partial charge in [-0.05, 0) is 42.3 Å². The van der Waals surface area contributed by atoms with Gasteiger partial charge >= 0.3 is 5.63 Å². The van der Waals surface area contributed by atoms with Crippen LogP contribution in [0.4, 0.5) is 8.78 Å². The second kappa shape index (κ2) is 6.62. The van der Waals surface area contributed by atoms with Gasteiger partial charge in [0.15, 0.2) is 0 Å². The highest BCUT2D eigenvalue weighted by molar-refractivity contribution is 5.96. The molecule has 4 nitrogen and oxygen atoms in total. The van der Waals surface area contributed by atoms with E-state index in [1.54, 1.807) is 24.3 Å². The molecular formula is C18H13F2NO3. The Morgan fingerprint density at radius 1 is 1.08 bits per heavy atom. The van der Waals surface area contributed by atoms with Crippen molar-refractivity contribution < 1.29 is 18.0 Å². The van der Waals surface area contributed by atoms with Crippen molar-refractivity contribution in [3.05, 3.63) is 81.7 Å². The van der Waals surface area contributed by atoms with Crippen molar-refractivity contribution >= 4 is 16.9 Å². The van der Waals surface area contributed by atoms with Gasteiger partial charge in [-0.2, -0.15) is 0 Å². The second-order valence-corrected chi connectivity index (χ2v) is 5.23. The highest BCUT2D eigenvalue weighted by atomic mass is 19.1. The molecule has 2 aromatic carbocycles. The van der Waals surface area contributed by atoms with Crippen LogP contribution in [-0.4, -0.2) is 12.5 Å². The predicted octanol–water partition coefficient (Wildman–Crippen LogP) is 3.04. The fourth-order valence-electron chi connectivity index (χ4n) is 2.36. The number of fused-ring (bicyclic) bond motifs is 1. The topological polar surface area (TPSA) is 59.3 Å². The number of rotatable bonds is 4. The summed E-state index contributed by atoms with van der Waals surface area (Å²) in [5.41, 5.74) is -0.335. The van der Waals surface area contributed by atoms with Crippen molar-refractivity contribution in [2.45, 2.75) is 6.42 Å². The first-order valence-electron chi connectivity index (χ1n) is 7.29. The lowest BCUT2D eigenvalue weighted by molar-refractivity contribution is 0.0950. The average Bonchev–Trinajstić information content (AvgIpc) is 2.57. The average molecular weight is 329 g/mol. The molecule has 3 aromatic rings. The molecule has 6 heteroatoms. The molecule has 1 heterocycles. The van der Waals surface area contributed by atoms with Gasteiger partial charge < -0.3 is 9.73 Å². The number of hydrogen-bond donors (Lipinski definition) is 1. The quantitative estimate of drug-likeness (QED) is 0.749. The molecule has 0 unspecified atom stereocenters. The van der Waals surface area contributed by atoms with Gasteiger partial charge in [0.25, 0.3) is 5.91 Å². The van der Waals surface area contributed by atoms with E-state index in [0.29, 0.717) is 11.0 Å². The standard InChI is InChI=1S/C18H13F2NO3/c19-13-5-6-15(20)11(9-13)7-8-21-17(22)14-10-12-3-1-2-4-16(12)24-18(14)23/h1-6,9-10H,7-8H2,(H,21,22). The van der Waals surface area contributed by atoms with Gasteiger partial charge in [-0.1, -0.05) is 18.2 Å². The Balaban J connectivity index is 1.72. The fraction of sp³-hybridized carbons (Fsp3) is 0.111. The lowest BCUT2D eigenvalue weighted by Gasteiger charge is -2.06. The van der Waals surface area contributed by atoms with Crippen molar-refractivity contribution in [3.63, 3.8) is 0 Å². The van der Waals surface area contributed by atoms with Crippen LogP contribution in [0.1, 0.15) is 15.9 Å². The highest BCUT2D eigenvalue weighted by Crippen LogP contribution is 2.13. The van der Waals surface area contributed by atoms with E-state index in [2.05, 4.69) is 5.32 Å². The Hall–Kier alpha value is -3.02. The smallest absolute Gasteiger partial charge is 0.349 e. The maximum Gasteiger partial charge on any atom is 0.349 e. The molecule has 0 aliphatic rings. The van der Waals surface area contributed by atoms with Crippen LogP contribution in [0.2, 0.25) is 0 Å². The molecule has 0 spiro atoms. The zero-order chi connectivity index (χ0) is 17.1. The Morgan fingerprint density at radius 3 is 2.71 bits per heavy atom. The van der Waals surface area contributed by atoms with Crippen molar-refractivity contribution in [1.29, 1.82) is 0 Å². The van der Waals surface area contributed by atoms with Crippen molar-refractivity contribution in [1.82, 2.24) is 5.32 Å². The molecule has 0 saturated heterocycles. The maximum atomic E-state index is 13.5. The van der Waals surface area contributed by atoms with Crippen LogP contribution < -0.4 is 10.9 Å². The molecule has 0 fully saturated rings. The molecule has 0 bridgehead atoms. The summed E-state index contributed by atoms with van der Waals surface area (Å²) in [4.78, 5) is 24.0. The molecule has 1 aromatic heterocycles. The third kappa shape index (κ3) is 3.32. The van der Waals surface area contributed by atoms with E-state index >= 15 is 0 Å². The Labute approximate surface area is 135 Å². The largest absolute Gasteiger partial charge is 0.422 e. The molecule has 0 aliphatic carbocycles. The van der Waals surface area contributed by atoms with E-state index in [1.165, 1.54) is 6.07 Å². The Kier molecular flexibility index (Phi) is 4.37. The van der Waals surface area contributed by atoms with Gasteiger partial charge in [-0.25, -0.2) is 13.6 Å². The van der Waals surface area contributed by atoms with E-state index in [1.807, 2.05) is 0 Å². The predicted molar refractivity (Wildman–Crippen MR) is 84.9 cm³/mol. The number of halogens is 2. The second-order valence-electron chi connectivity index (χ2n) is 5.23. The summed E-state index contributed by atoms with van der Waals surface area (Å²) in [6.45, 7) is 0.0610. The monoisotopic (exact) mass is 329 g/mol. The van der Waals surface area contributed by atoms with Gasteiger partial charge in [0.05, 0.1) is 0 Å². The maximum absolute atomic E-state index is 13.5. The summed E-state index contributed by atoms with van der Waals surface area (Å²) >= 11 is 0. The molecule has 0 aliphatic heterocycles. The lowest BCUT2D eigenvalue weighted by atomic mass is 10.1. The van der Waals surface area contributed by atoms with Gasteiger partial charge in [-0.15, -0.1) is 0 Å². The van der Waals surface area contributed by atoms with Crippen LogP contribution in [-0.2, 0) is 6.42 Å². The summed E-state index contributed by atoms with van der Waals surface area (Å²) in [7, 11) is 0. The minimum absolute atomic E-state index is 0.0610. The molecular weight excluding hydrogens is 316 g/mol. The number of para-hydroxylation sites is 1. The first-order valence-corrected chi connectivity index (χ1v) is 7.29. The van der Waals surface area contributed by atoms with Gasteiger partial charge in [-0.3, -0.25) is 4.79 Å². The van der Waals surface area contributed by atoms with Crippen LogP contribution in [0, 0.1) is 11.6 Å². The summed E-state index contributed by atoms with van der Waals surface area (Å²) in [5, 5.41) is 3.14. The number of carbonyl (C=O) groups excluding carboxylic acids is 1. The van der Waals surface area contributed by atoms with Gasteiger partial charge in [0.1, 0.15) is 22.8 Å². The van der Waals surface area contributed by atoms with Crippen LogP contribution in [0.5, 0.6) is 0 Å².